The molecule has 5 heteroatoms. The number of nitrogens with one attached hydrogen (secondary N) is 1. The van der Waals surface area contributed by atoms with Gasteiger partial charge in [-0.15, -0.1) is 0 Å². The van der Waals surface area contributed by atoms with Crippen LogP contribution in [0, 0.1) is 0 Å². The lowest BCUT2D eigenvalue weighted by atomic mass is 10.1. The van der Waals surface area contributed by atoms with Crippen molar-refractivity contribution in [3.63, 3.8) is 0 Å². The van der Waals surface area contributed by atoms with Gasteiger partial charge in [0.2, 0.25) is 0 Å². The summed E-state index contributed by atoms with van der Waals surface area (Å²) in [6.07, 6.45) is -1.98. The normalized spacial score (nSPS) is 44.7. The zero-order valence-corrected chi connectivity index (χ0v) is 6.01. The van der Waals surface area contributed by atoms with Gasteiger partial charge in [0.1, 0.15) is 0 Å². The minimum absolute atomic E-state index is 0.241. The first-order valence-electron chi connectivity index (χ1n) is 3.54. The van der Waals surface area contributed by atoms with Crippen molar-refractivity contribution < 1.29 is 20.4 Å². The van der Waals surface area contributed by atoms with Crippen LogP contribution in [-0.2, 0) is 0 Å². The molecule has 1 saturated heterocycles. The molecule has 5 nitrogen and oxygen atoms in total. The monoisotopic (exact) mass is 163 g/mol. The lowest BCUT2D eigenvalue weighted by Crippen LogP contribution is -2.37. The van der Waals surface area contributed by atoms with Gasteiger partial charge in [-0.3, -0.25) is 0 Å². The van der Waals surface area contributed by atoms with E-state index >= 15 is 0 Å². The summed E-state index contributed by atoms with van der Waals surface area (Å²) in [5.74, 6) is 0. The molecule has 0 bridgehead atoms. The van der Waals surface area contributed by atoms with Crippen molar-refractivity contribution in [3.8, 4) is 0 Å². The zero-order valence-electron chi connectivity index (χ0n) is 6.01. The largest absolute Gasteiger partial charge is 0.395 e. The van der Waals surface area contributed by atoms with Crippen LogP contribution >= 0.6 is 0 Å². The summed E-state index contributed by atoms with van der Waals surface area (Å²) in [6.45, 7) is -0.483. The molecular formula is C6H13NO4. The zero-order chi connectivity index (χ0) is 8.43. The molecule has 0 radical (unpaired) electrons. The van der Waals surface area contributed by atoms with E-state index < -0.39 is 24.3 Å². The maximum atomic E-state index is 9.18. The molecule has 1 aliphatic heterocycles. The minimum atomic E-state index is -0.989. The van der Waals surface area contributed by atoms with E-state index in [1.165, 1.54) is 0 Å². The van der Waals surface area contributed by atoms with Crippen molar-refractivity contribution in [1.29, 1.82) is 0 Å². The van der Waals surface area contributed by atoms with Crippen LogP contribution < -0.4 is 5.32 Å². The minimum Gasteiger partial charge on any atom is -0.395 e. The fourth-order valence-corrected chi connectivity index (χ4v) is 1.27. The molecule has 2 unspecified atom stereocenters. The molecule has 0 amide bonds. The van der Waals surface area contributed by atoms with Crippen LogP contribution in [0.15, 0.2) is 0 Å². The smallest absolute Gasteiger partial charge is 0.0990 e. The number of aliphatic hydroxyl groups is 4. The highest BCUT2D eigenvalue weighted by Crippen LogP contribution is 2.13. The SMILES string of the molecule is OC[C@@H]1N[C@H](CO)C(O)C1O. The molecule has 4 atom stereocenters. The molecule has 1 heterocycles. The summed E-state index contributed by atoms with van der Waals surface area (Å²) in [5, 5.41) is 38.3. The summed E-state index contributed by atoms with van der Waals surface area (Å²) in [4.78, 5) is 0. The third-order valence-corrected chi connectivity index (χ3v) is 2.00. The summed E-state index contributed by atoms with van der Waals surface area (Å²) in [5.41, 5.74) is 0. The van der Waals surface area contributed by atoms with Crippen molar-refractivity contribution in [3.05, 3.63) is 0 Å². The molecule has 11 heavy (non-hydrogen) atoms. The van der Waals surface area contributed by atoms with Crippen molar-refractivity contribution in [2.75, 3.05) is 13.2 Å². The van der Waals surface area contributed by atoms with Gasteiger partial charge < -0.3 is 25.7 Å². The Hall–Kier alpha value is -0.200. The summed E-state index contributed by atoms with van der Waals surface area (Å²) < 4.78 is 0. The van der Waals surface area contributed by atoms with Gasteiger partial charge in [0.15, 0.2) is 0 Å². The summed E-state index contributed by atoms with van der Waals surface area (Å²) in [6, 6.07) is -1.05. The van der Waals surface area contributed by atoms with Crippen molar-refractivity contribution in [1.82, 2.24) is 5.32 Å². The van der Waals surface area contributed by atoms with Crippen LogP contribution in [0.1, 0.15) is 0 Å². The average molecular weight is 163 g/mol. The van der Waals surface area contributed by atoms with E-state index in [-0.39, 0.29) is 13.2 Å². The Morgan fingerprint density at radius 2 is 1.27 bits per heavy atom. The molecule has 0 aromatic carbocycles. The standard InChI is InChI=1S/C6H13NO4/c8-1-3-5(10)6(11)4(2-9)7-3/h3-11H,1-2H2/t3-,4+,5?,6?. The number of hydrogen-bond acceptors (Lipinski definition) is 5. The van der Waals surface area contributed by atoms with Gasteiger partial charge in [0.25, 0.3) is 0 Å². The molecule has 0 aliphatic carbocycles. The van der Waals surface area contributed by atoms with Gasteiger partial charge in [0, 0.05) is 0 Å². The highest BCUT2D eigenvalue weighted by molar-refractivity contribution is 4.97. The van der Waals surface area contributed by atoms with E-state index in [2.05, 4.69) is 5.32 Å². The molecule has 5 N–H and O–H groups in total. The highest BCUT2D eigenvalue weighted by Gasteiger charge is 2.39. The van der Waals surface area contributed by atoms with Crippen LogP contribution in [0.4, 0.5) is 0 Å². The Morgan fingerprint density at radius 3 is 1.45 bits per heavy atom. The Balaban J connectivity index is 2.53. The maximum absolute atomic E-state index is 9.18. The van der Waals surface area contributed by atoms with Gasteiger partial charge in [-0.25, -0.2) is 0 Å². The van der Waals surface area contributed by atoms with E-state index in [0.29, 0.717) is 0 Å². The van der Waals surface area contributed by atoms with Crippen LogP contribution in [0.5, 0.6) is 0 Å². The quantitative estimate of drug-likeness (QED) is 0.300. The predicted octanol–water partition coefficient (Wildman–Crippen LogP) is -2.97. The van der Waals surface area contributed by atoms with E-state index in [4.69, 9.17) is 10.2 Å². The van der Waals surface area contributed by atoms with E-state index in [1.54, 1.807) is 0 Å². The van der Waals surface area contributed by atoms with Crippen molar-refractivity contribution >= 4 is 0 Å². The predicted molar refractivity (Wildman–Crippen MR) is 36.9 cm³/mol. The first-order valence-corrected chi connectivity index (χ1v) is 3.54. The second kappa shape index (κ2) is 3.46. The Kier molecular flexibility index (Phi) is 2.80. The molecule has 1 aliphatic rings. The molecule has 1 fully saturated rings. The maximum Gasteiger partial charge on any atom is 0.0990 e. The Labute approximate surface area is 64.3 Å². The molecule has 0 saturated carbocycles. The molecule has 0 aromatic heterocycles. The number of rotatable bonds is 2. The highest BCUT2D eigenvalue weighted by atomic mass is 16.3. The van der Waals surface area contributed by atoms with Gasteiger partial charge in [0.05, 0.1) is 37.5 Å². The number of aliphatic hydroxyl groups excluding tert-OH is 4. The van der Waals surface area contributed by atoms with E-state index in [0.717, 1.165) is 0 Å². The fraction of sp³-hybridized carbons (Fsp3) is 1.00. The van der Waals surface area contributed by atoms with E-state index in [9.17, 15) is 10.2 Å². The molecule has 1 rings (SSSR count). The second-order valence-electron chi connectivity index (χ2n) is 2.73. The van der Waals surface area contributed by atoms with Crippen LogP contribution in [0.25, 0.3) is 0 Å². The molecule has 0 aromatic rings. The topological polar surface area (TPSA) is 93.0 Å². The average Bonchev–Trinajstić information content (AvgIpc) is 2.30. The van der Waals surface area contributed by atoms with Crippen LogP contribution in [0.2, 0.25) is 0 Å². The van der Waals surface area contributed by atoms with Gasteiger partial charge >= 0.3 is 0 Å². The van der Waals surface area contributed by atoms with Gasteiger partial charge in [-0.05, 0) is 0 Å². The first kappa shape index (κ1) is 8.89. The Bertz CT molecular complexity index is 114. The van der Waals surface area contributed by atoms with Crippen LogP contribution in [0.3, 0.4) is 0 Å². The first-order chi connectivity index (χ1) is 5.20. The van der Waals surface area contributed by atoms with E-state index in [1.807, 2.05) is 0 Å². The van der Waals surface area contributed by atoms with Gasteiger partial charge in [-0.1, -0.05) is 0 Å². The lowest BCUT2D eigenvalue weighted by molar-refractivity contribution is 0.0130. The van der Waals surface area contributed by atoms with Crippen molar-refractivity contribution in [2.24, 2.45) is 0 Å². The second-order valence-corrected chi connectivity index (χ2v) is 2.73. The Morgan fingerprint density at radius 1 is 0.909 bits per heavy atom. The summed E-state index contributed by atoms with van der Waals surface area (Å²) in [7, 11) is 0. The third-order valence-electron chi connectivity index (χ3n) is 2.00. The fourth-order valence-electron chi connectivity index (χ4n) is 1.27. The van der Waals surface area contributed by atoms with Crippen molar-refractivity contribution in [2.45, 2.75) is 24.3 Å². The number of hydrogen-bond donors (Lipinski definition) is 5. The van der Waals surface area contributed by atoms with Crippen LogP contribution in [-0.4, -0.2) is 57.9 Å². The molecule has 66 valence electrons. The lowest BCUT2D eigenvalue weighted by Gasteiger charge is -2.12. The molecule has 0 spiro atoms. The molecular weight excluding hydrogens is 150 g/mol. The van der Waals surface area contributed by atoms with Gasteiger partial charge in [-0.2, -0.15) is 0 Å². The summed E-state index contributed by atoms with van der Waals surface area (Å²) >= 11 is 0. The third kappa shape index (κ3) is 1.52.